The van der Waals surface area contributed by atoms with Gasteiger partial charge in [0.05, 0.1) is 6.61 Å². The van der Waals surface area contributed by atoms with Crippen molar-refractivity contribution in [3.05, 3.63) is 48.6 Å². The molecule has 0 saturated carbocycles. The van der Waals surface area contributed by atoms with Crippen molar-refractivity contribution in [1.82, 2.24) is 0 Å². The molecule has 0 spiro atoms. The first-order valence-electron chi connectivity index (χ1n) is 26.6. The fraction of sp³-hybridized carbons (Fsp3) is 0.782. The molecule has 1 fully saturated rings. The maximum absolute atomic E-state index is 13.1. The molecule has 0 aromatic rings. The van der Waals surface area contributed by atoms with Crippen LogP contribution in [0.15, 0.2) is 48.6 Å². The average molecular weight is 947 g/mol. The Kier molecular flexibility index (Phi) is 40.4. The first-order chi connectivity index (χ1) is 32.6. The number of carboxylic acid groups (broad SMARTS) is 1. The van der Waals surface area contributed by atoms with Gasteiger partial charge in [0.2, 0.25) is 0 Å². The van der Waals surface area contributed by atoms with Crippen molar-refractivity contribution in [2.45, 2.75) is 263 Å². The zero-order valence-corrected chi connectivity index (χ0v) is 42.1. The van der Waals surface area contributed by atoms with Gasteiger partial charge in [-0.25, -0.2) is 4.79 Å². The monoisotopic (exact) mass is 947 g/mol. The Morgan fingerprint density at radius 2 is 0.925 bits per heavy atom. The molecular weight excluding hydrogens is 853 g/mol. The highest BCUT2D eigenvalue weighted by atomic mass is 16.7. The fourth-order valence-corrected chi connectivity index (χ4v) is 7.73. The van der Waals surface area contributed by atoms with Crippen molar-refractivity contribution in [3.8, 4) is 0 Å². The van der Waals surface area contributed by atoms with Crippen molar-refractivity contribution in [2.24, 2.45) is 0 Å². The topological polar surface area (TPSA) is 175 Å². The van der Waals surface area contributed by atoms with Gasteiger partial charge < -0.3 is 39.0 Å². The summed E-state index contributed by atoms with van der Waals surface area (Å²) in [6.45, 7) is 5.82. The summed E-state index contributed by atoms with van der Waals surface area (Å²) in [7, 11) is 0. The number of ether oxygens (including phenoxy) is 5. The Bertz CT molecular complexity index is 1360. The lowest BCUT2D eigenvalue weighted by molar-refractivity contribution is -0.301. The van der Waals surface area contributed by atoms with Gasteiger partial charge >= 0.3 is 23.9 Å². The number of carbonyl (C=O) groups excluding carboxylic acids is 3. The molecule has 1 aliphatic rings. The molecule has 6 atom stereocenters. The van der Waals surface area contributed by atoms with Crippen LogP contribution in [0, 0.1) is 0 Å². The quantitative estimate of drug-likeness (QED) is 0.0228. The molecule has 0 aromatic carbocycles. The van der Waals surface area contributed by atoms with E-state index in [-0.39, 0.29) is 25.9 Å². The molecule has 12 nitrogen and oxygen atoms in total. The minimum atomic E-state index is -1.90. The Labute approximate surface area is 405 Å². The minimum Gasteiger partial charge on any atom is -0.479 e. The molecule has 0 radical (unpaired) electrons. The van der Waals surface area contributed by atoms with Gasteiger partial charge in [0.1, 0.15) is 18.8 Å². The second kappa shape index (κ2) is 43.9. The highest BCUT2D eigenvalue weighted by Crippen LogP contribution is 2.26. The van der Waals surface area contributed by atoms with Gasteiger partial charge in [-0.2, -0.15) is 0 Å². The van der Waals surface area contributed by atoms with E-state index >= 15 is 0 Å². The lowest BCUT2D eigenvalue weighted by Gasteiger charge is -2.40. The maximum Gasteiger partial charge on any atom is 0.335 e. The largest absolute Gasteiger partial charge is 0.479 e. The Hall–Kier alpha value is -3.32. The molecule has 12 heteroatoms. The van der Waals surface area contributed by atoms with E-state index in [0.29, 0.717) is 19.3 Å². The summed E-state index contributed by atoms with van der Waals surface area (Å²) < 4.78 is 28.2. The molecule has 0 aliphatic carbocycles. The fourth-order valence-electron chi connectivity index (χ4n) is 7.73. The molecule has 3 N–H and O–H groups in total. The van der Waals surface area contributed by atoms with Crippen LogP contribution in [-0.2, 0) is 42.9 Å². The maximum atomic E-state index is 13.1. The smallest absolute Gasteiger partial charge is 0.335 e. The molecule has 1 saturated heterocycles. The summed E-state index contributed by atoms with van der Waals surface area (Å²) in [6, 6.07) is 0. The first-order valence-corrected chi connectivity index (χ1v) is 26.6. The van der Waals surface area contributed by atoms with Crippen LogP contribution in [0.3, 0.4) is 0 Å². The number of hydrogen-bond acceptors (Lipinski definition) is 11. The second-order valence-corrected chi connectivity index (χ2v) is 18.2. The lowest BCUT2D eigenvalue weighted by atomic mass is 9.98. The van der Waals surface area contributed by atoms with E-state index in [4.69, 9.17) is 23.7 Å². The van der Waals surface area contributed by atoms with Gasteiger partial charge in [0.25, 0.3) is 0 Å². The Morgan fingerprint density at radius 3 is 1.43 bits per heavy atom. The van der Waals surface area contributed by atoms with Gasteiger partial charge in [-0.1, -0.05) is 179 Å². The summed E-state index contributed by atoms with van der Waals surface area (Å²) in [5.74, 6) is -3.15. The molecule has 6 unspecified atom stereocenters. The van der Waals surface area contributed by atoms with Crippen molar-refractivity contribution in [1.29, 1.82) is 0 Å². The molecule has 1 rings (SSSR count). The molecule has 1 heterocycles. The van der Waals surface area contributed by atoms with Gasteiger partial charge in [-0.15, -0.1) is 0 Å². The van der Waals surface area contributed by atoms with Crippen LogP contribution in [0.2, 0.25) is 0 Å². The summed E-state index contributed by atoms with van der Waals surface area (Å²) in [5.41, 5.74) is 0. The van der Waals surface area contributed by atoms with E-state index in [0.717, 1.165) is 122 Å². The lowest BCUT2D eigenvalue weighted by Crippen LogP contribution is -2.61. The van der Waals surface area contributed by atoms with Crippen molar-refractivity contribution in [2.75, 3.05) is 13.2 Å². The van der Waals surface area contributed by atoms with Crippen LogP contribution < -0.4 is 0 Å². The SMILES string of the molecule is CCC/C=C\C/C=C\CCCCCCCC(=O)OC(COC(=O)CCCCCCC/C=C\C/C=C\CCCCC)COC1OC(C(=O)O)C(O)C(O)C1OC(=O)CCCCCCCCCCC. The summed E-state index contributed by atoms with van der Waals surface area (Å²) in [6.07, 6.45) is 38.2. The van der Waals surface area contributed by atoms with Gasteiger partial charge in [0, 0.05) is 19.3 Å². The third-order valence-electron chi connectivity index (χ3n) is 11.9. The number of allylic oxidation sites excluding steroid dienone is 8. The highest BCUT2D eigenvalue weighted by molar-refractivity contribution is 5.74. The molecule has 0 amide bonds. The molecule has 67 heavy (non-hydrogen) atoms. The first kappa shape index (κ1) is 61.7. The molecule has 0 aromatic heterocycles. The number of hydrogen-bond donors (Lipinski definition) is 3. The van der Waals surface area contributed by atoms with Crippen molar-refractivity contribution >= 4 is 23.9 Å². The third-order valence-corrected chi connectivity index (χ3v) is 11.9. The number of unbranched alkanes of at least 4 members (excludes halogenated alkanes) is 22. The zero-order valence-electron chi connectivity index (χ0n) is 42.1. The normalized spacial score (nSPS) is 19.2. The van der Waals surface area contributed by atoms with E-state index in [1.54, 1.807) is 0 Å². The summed E-state index contributed by atoms with van der Waals surface area (Å²) in [4.78, 5) is 50.8. The third kappa shape index (κ3) is 34.6. The molecule has 0 bridgehead atoms. The van der Waals surface area contributed by atoms with Gasteiger partial charge in [0.15, 0.2) is 24.6 Å². The number of carbonyl (C=O) groups is 4. The summed E-state index contributed by atoms with van der Waals surface area (Å²) >= 11 is 0. The molecule has 1 aliphatic heterocycles. The van der Waals surface area contributed by atoms with Crippen molar-refractivity contribution in [3.63, 3.8) is 0 Å². The number of esters is 3. The number of aliphatic carboxylic acids is 1. The van der Waals surface area contributed by atoms with Crippen LogP contribution in [-0.4, -0.2) is 89.2 Å². The van der Waals surface area contributed by atoms with Crippen LogP contribution in [0.25, 0.3) is 0 Å². The number of aliphatic hydroxyl groups excluding tert-OH is 2. The van der Waals surface area contributed by atoms with Gasteiger partial charge in [-0.3, -0.25) is 14.4 Å². The second-order valence-electron chi connectivity index (χ2n) is 18.2. The Balaban J connectivity index is 2.74. The predicted octanol–water partition coefficient (Wildman–Crippen LogP) is 12.7. The van der Waals surface area contributed by atoms with Crippen LogP contribution in [0.5, 0.6) is 0 Å². The van der Waals surface area contributed by atoms with Gasteiger partial charge in [-0.05, 0) is 77.0 Å². The summed E-state index contributed by atoms with van der Waals surface area (Å²) in [5, 5.41) is 31.3. The van der Waals surface area contributed by atoms with E-state index in [1.807, 2.05) is 0 Å². The predicted molar refractivity (Wildman–Crippen MR) is 266 cm³/mol. The standard InChI is InChI=1S/C55H94O12/c1-4-7-10-13-16-19-21-23-24-26-27-30-32-35-38-41-47(56)63-44-46(65-48(57)42-39-36-34-31-28-25-22-20-17-14-11-8-5-2)45-64-55-53(51(60)50(59)52(67-55)54(61)62)66-49(58)43-40-37-33-29-18-15-12-9-6-3/h11,14,16,19-20,22-24,46,50-53,55,59-60H,4-10,12-13,15,17-18,21,25-45H2,1-3H3,(H,61,62)/b14-11-,19-16-,22-20-,24-23-. The van der Waals surface area contributed by atoms with Crippen LogP contribution >= 0.6 is 0 Å². The van der Waals surface area contributed by atoms with Crippen LogP contribution in [0.1, 0.15) is 226 Å². The highest BCUT2D eigenvalue weighted by Gasteiger charge is 2.50. The van der Waals surface area contributed by atoms with E-state index in [1.165, 1.54) is 44.9 Å². The van der Waals surface area contributed by atoms with Crippen molar-refractivity contribution < 1.29 is 58.2 Å². The Morgan fingerprint density at radius 1 is 0.493 bits per heavy atom. The number of rotatable bonds is 44. The van der Waals surface area contributed by atoms with Crippen LogP contribution in [0.4, 0.5) is 0 Å². The molecule has 386 valence electrons. The number of aliphatic hydroxyl groups is 2. The van der Waals surface area contributed by atoms with E-state index in [9.17, 15) is 34.5 Å². The van der Waals surface area contributed by atoms with E-state index in [2.05, 4.69) is 69.4 Å². The zero-order chi connectivity index (χ0) is 49.0. The molecular formula is C55H94O12. The average Bonchev–Trinajstić information content (AvgIpc) is 3.31. The minimum absolute atomic E-state index is 0.0587. The van der Waals surface area contributed by atoms with E-state index < -0.39 is 67.3 Å². The number of carboxylic acids is 1.